The number of aryl methyl sites for hydroxylation is 1. The van der Waals surface area contributed by atoms with E-state index in [0.717, 1.165) is 22.3 Å². The van der Waals surface area contributed by atoms with Crippen LogP contribution in [0.15, 0.2) is 48.8 Å². The van der Waals surface area contributed by atoms with Gasteiger partial charge in [0, 0.05) is 37.0 Å². The maximum atomic E-state index is 15.4. The van der Waals surface area contributed by atoms with E-state index in [1.807, 2.05) is 43.3 Å². The Morgan fingerprint density at radius 3 is 2.44 bits per heavy atom. The Morgan fingerprint density at radius 1 is 1.15 bits per heavy atom. The molecule has 1 aromatic heterocycles. The van der Waals surface area contributed by atoms with Gasteiger partial charge >= 0.3 is 0 Å². The van der Waals surface area contributed by atoms with E-state index in [-0.39, 0.29) is 23.7 Å². The summed E-state index contributed by atoms with van der Waals surface area (Å²) in [6.45, 7) is 4.92. The predicted octanol–water partition coefficient (Wildman–Crippen LogP) is 5.66. The molecule has 1 aliphatic rings. The Morgan fingerprint density at radius 2 is 1.85 bits per heavy atom. The number of nitrogens with zero attached hydrogens (tertiary/aromatic N) is 3. The molecule has 2 aromatic carbocycles. The fraction of sp³-hybridized carbons (Fsp3) is 0.333. The van der Waals surface area contributed by atoms with Crippen molar-refractivity contribution in [2.45, 2.75) is 44.9 Å². The van der Waals surface area contributed by atoms with Crippen LogP contribution in [0.5, 0.6) is 0 Å². The average Bonchev–Trinajstić information content (AvgIpc) is 3.19. The zero-order chi connectivity index (χ0) is 24.6. The fourth-order valence-corrected chi connectivity index (χ4v) is 4.78. The van der Waals surface area contributed by atoms with Gasteiger partial charge in [0.25, 0.3) is 0 Å². The predicted molar refractivity (Wildman–Crippen MR) is 127 cm³/mol. The summed E-state index contributed by atoms with van der Waals surface area (Å²) in [5.41, 5.74) is 2.21. The van der Waals surface area contributed by atoms with Crippen LogP contribution in [0.4, 0.5) is 13.2 Å². The van der Waals surface area contributed by atoms with Crippen LogP contribution < -0.4 is 0 Å². The monoisotopic (exact) mass is 467 g/mol. The molecule has 2 unspecified atom stereocenters. The van der Waals surface area contributed by atoms with Gasteiger partial charge in [-0.15, -0.1) is 0 Å². The number of hydrogen-bond donors (Lipinski definition) is 0. The molecule has 178 valence electrons. The highest BCUT2D eigenvalue weighted by atomic mass is 19.1. The molecule has 0 bridgehead atoms. The van der Waals surface area contributed by atoms with Crippen LogP contribution in [-0.4, -0.2) is 39.2 Å². The summed E-state index contributed by atoms with van der Waals surface area (Å²) in [5, 5.41) is 4.23. The first-order valence-electron chi connectivity index (χ1n) is 11.2. The molecule has 0 saturated carbocycles. The van der Waals surface area contributed by atoms with Gasteiger partial charge in [0.15, 0.2) is 0 Å². The van der Waals surface area contributed by atoms with Crippen molar-refractivity contribution in [2.75, 3.05) is 6.54 Å². The Kier molecular flexibility index (Phi) is 6.49. The summed E-state index contributed by atoms with van der Waals surface area (Å²) in [7, 11) is 1.84. The summed E-state index contributed by atoms with van der Waals surface area (Å²) in [6.07, 6.45) is 7.39. The van der Waals surface area contributed by atoms with Crippen molar-refractivity contribution in [1.82, 2.24) is 14.7 Å². The molecule has 4 nitrogen and oxygen atoms in total. The minimum Gasteiger partial charge on any atom is -0.299 e. The summed E-state index contributed by atoms with van der Waals surface area (Å²) < 4.78 is 47.3. The number of allylic oxidation sites excluding steroid dienone is 1. The van der Waals surface area contributed by atoms with E-state index in [0.29, 0.717) is 12.7 Å². The third kappa shape index (κ3) is 4.85. The number of carbonyl (C=O) groups is 1. The SMILES string of the molecule is CC1Cc2cc(-c3cnn(C)c3)ccc2C(c2c(F)cc(/C=C/C=O)cc2F)N1CC(C)(C)F. The number of aromatic nitrogens is 2. The third-order valence-electron chi connectivity index (χ3n) is 6.19. The van der Waals surface area contributed by atoms with E-state index in [1.165, 1.54) is 38.1 Å². The van der Waals surface area contributed by atoms with Gasteiger partial charge in [-0.1, -0.05) is 24.3 Å². The summed E-state index contributed by atoms with van der Waals surface area (Å²) in [6, 6.07) is 7.30. The van der Waals surface area contributed by atoms with E-state index in [1.54, 1.807) is 10.9 Å². The number of hydrogen-bond acceptors (Lipinski definition) is 3. The van der Waals surface area contributed by atoms with E-state index in [9.17, 15) is 9.18 Å². The maximum Gasteiger partial charge on any atom is 0.142 e. The second kappa shape index (κ2) is 9.22. The van der Waals surface area contributed by atoms with E-state index in [2.05, 4.69) is 5.10 Å². The highest BCUT2D eigenvalue weighted by molar-refractivity contribution is 5.74. The number of aldehydes is 1. The lowest BCUT2D eigenvalue weighted by Crippen LogP contribution is -2.48. The van der Waals surface area contributed by atoms with Gasteiger partial charge in [0.05, 0.1) is 12.2 Å². The molecule has 0 amide bonds. The van der Waals surface area contributed by atoms with Crippen LogP contribution in [0, 0.1) is 11.6 Å². The van der Waals surface area contributed by atoms with Gasteiger partial charge in [-0.2, -0.15) is 5.10 Å². The molecule has 0 saturated heterocycles. The number of fused-ring (bicyclic) bond motifs is 1. The van der Waals surface area contributed by atoms with Crippen LogP contribution in [0.1, 0.15) is 49.1 Å². The summed E-state index contributed by atoms with van der Waals surface area (Å²) >= 11 is 0. The van der Waals surface area contributed by atoms with Gasteiger partial charge in [-0.3, -0.25) is 14.4 Å². The van der Waals surface area contributed by atoms with Crippen LogP contribution in [0.3, 0.4) is 0 Å². The highest BCUT2D eigenvalue weighted by Crippen LogP contribution is 2.42. The maximum absolute atomic E-state index is 15.4. The van der Waals surface area contributed by atoms with Crippen molar-refractivity contribution in [3.05, 3.63) is 82.7 Å². The number of halogens is 3. The van der Waals surface area contributed by atoms with Crippen molar-refractivity contribution >= 4 is 12.4 Å². The molecule has 0 fully saturated rings. The standard InChI is InChI=1S/C27H28F3N3O/c1-17-10-20-13-19(21-14-31-32(4)15-21)7-8-22(20)26(33(17)16-27(2,3)30)25-23(28)11-18(6-5-9-34)12-24(25)29/h5-9,11-15,17,26H,10,16H2,1-4H3/b6-5+. The fourth-order valence-electron chi connectivity index (χ4n) is 4.78. The molecule has 34 heavy (non-hydrogen) atoms. The van der Waals surface area contributed by atoms with Crippen LogP contribution >= 0.6 is 0 Å². The molecule has 1 aliphatic heterocycles. The van der Waals surface area contributed by atoms with Crippen molar-refractivity contribution < 1.29 is 18.0 Å². The van der Waals surface area contributed by atoms with E-state index < -0.39 is 23.3 Å². The molecule has 0 spiro atoms. The zero-order valence-electron chi connectivity index (χ0n) is 19.7. The Labute approximate surface area is 197 Å². The van der Waals surface area contributed by atoms with Crippen molar-refractivity contribution in [3.63, 3.8) is 0 Å². The van der Waals surface area contributed by atoms with Crippen LogP contribution in [0.2, 0.25) is 0 Å². The van der Waals surface area contributed by atoms with E-state index in [4.69, 9.17) is 0 Å². The molecule has 0 N–H and O–H groups in total. The Balaban J connectivity index is 1.87. The molecule has 0 radical (unpaired) electrons. The molecular weight excluding hydrogens is 439 g/mol. The number of benzene rings is 2. The second-order valence-electron chi connectivity index (χ2n) is 9.56. The first kappa shape index (κ1) is 24.0. The minimum atomic E-state index is -1.56. The average molecular weight is 468 g/mol. The lowest BCUT2D eigenvalue weighted by Gasteiger charge is -2.44. The van der Waals surface area contributed by atoms with E-state index >= 15 is 8.78 Å². The Bertz CT molecular complexity index is 1220. The Hall–Kier alpha value is -3.19. The highest BCUT2D eigenvalue weighted by Gasteiger charge is 2.39. The number of rotatable bonds is 6. The van der Waals surface area contributed by atoms with Gasteiger partial charge in [-0.25, -0.2) is 13.2 Å². The number of alkyl halides is 1. The first-order chi connectivity index (χ1) is 16.1. The smallest absolute Gasteiger partial charge is 0.142 e. The molecule has 7 heteroatoms. The van der Waals surface area contributed by atoms with Crippen molar-refractivity contribution in [2.24, 2.45) is 7.05 Å². The third-order valence-corrected chi connectivity index (χ3v) is 6.19. The largest absolute Gasteiger partial charge is 0.299 e. The van der Waals surface area contributed by atoms with Crippen LogP contribution in [-0.2, 0) is 18.3 Å². The number of carbonyl (C=O) groups excluding carboxylic acids is 1. The second-order valence-corrected chi connectivity index (χ2v) is 9.56. The van der Waals surface area contributed by atoms with Gasteiger partial charge in [0.2, 0.25) is 0 Å². The first-order valence-corrected chi connectivity index (χ1v) is 11.2. The molecule has 3 aromatic rings. The minimum absolute atomic E-state index is 0.0221. The normalized spacial score (nSPS) is 18.9. The molecule has 0 aliphatic carbocycles. The molecular formula is C27H28F3N3O. The summed E-state index contributed by atoms with van der Waals surface area (Å²) in [5.74, 6) is -1.46. The van der Waals surface area contributed by atoms with Crippen molar-refractivity contribution in [3.8, 4) is 11.1 Å². The quantitative estimate of drug-likeness (QED) is 0.347. The lowest BCUT2D eigenvalue weighted by molar-refractivity contribution is -0.104. The zero-order valence-corrected chi connectivity index (χ0v) is 19.7. The molecule has 2 heterocycles. The molecule has 2 atom stereocenters. The van der Waals surface area contributed by atoms with Gasteiger partial charge in [0.1, 0.15) is 23.6 Å². The topological polar surface area (TPSA) is 38.1 Å². The van der Waals surface area contributed by atoms with Gasteiger partial charge in [-0.05, 0) is 67.7 Å². The lowest BCUT2D eigenvalue weighted by atomic mass is 9.82. The van der Waals surface area contributed by atoms with Gasteiger partial charge < -0.3 is 0 Å². The summed E-state index contributed by atoms with van der Waals surface area (Å²) in [4.78, 5) is 12.5. The van der Waals surface area contributed by atoms with Crippen molar-refractivity contribution in [1.29, 1.82) is 0 Å². The van der Waals surface area contributed by atoms with Crippen LogP contribution in [0.25, 0.3) is 17.2 Å². The molecule has 4 rings (SSSR count).